The van der Waals surface area contributed by atoms with Crippen molar-refractivity contribution in [2.75, 3.05) is 19.8 Å². The average Bonchev–Trinajstić information content (AvgIpc) is 2.61. The Labute approximate surface area is 153 Å². The molecule has 1 rings (SSSR count). The van der Waals surface area contributed by atoms with Gasteiger partial charge >= 0.3 is 13.6 Å². The Balaban J connectivity index is 3.25. The van der Waals surface area contributed by atoms with Crippen LogP contribution in [0.1, 0.15) is 33.3 Å². The summed E-state index contributed by atoms with van der Waals surface area (Å²) in [4.78, 5) is 25.4. The van der Waals surface area contributed by atoms with Gasteiger partial charge in [-0.15, -0.1) is 0 Å². The molecule has 0 heterocycles. The van der Waals surface area contributed by atoms with Gasteiger partial charge in [-0.1, -0.05) is 30.3 Å². The maximum absolute atomic E-state index is 14.9. The molecule has 0 aliphatic heterocycles. The van der Waals surface area contributed by atoms with Crippen molar-refractivity contribution in [2.24, 2.45) is 5.41 Å². The number of esters is 1. The summed E-state index contributed by atoms with van der Waals surface area (Å²) < 4.78 is 42.4. The van der Waals surface area contributed by atoms with Crippen molar-refractivity contribution in [1.82, 2.24) is 0 Å². The van der Waals surface area contributed by atoms with Crippen LogP contribution in [0.5, 0.6) is 0 Å². The molecule has 0 spiro atoms. The van der Waals surface area contributed by atoms with Crippen LogP contribution in [0.25, 0.3) is 0 Å². The standard InChI is InChI=1S/C18H26FO6P/c1-5-23-17(21)18(4,13-14-11-9-8-10-12-14)15(20)16(19)26(22,24-6-2)25-7-3/h8-12,16H,5-7,13H2,1-4H3. The molecule has 26 heavy (non-hydrogen) atoms. The van der Waals surface area contributed by atoms with Gasteiger partial charge in [-0.05, 0) is 39.7 Å². The SMILES string of the molecule is CCOC(=O)C(C)(Cc1ccccc1)C(=O)C(F)P(=O)(OCC)OCC. The zero-order chi connectivity index (χ0) is 19.8. The minimum Gasteiger partial charge on any atom is -0.465 e. The van der Waals surface area contributed by atoms with Gasteiger partial charge in [0.25, 0.3) is 5.91 Å². The van der Waals surface area contributed by atoms with Crippen LogP contribution < -0.4 is 0 Å². The molecule has 2 atom stereocenters. The molecule has 0 aliphatic rings. The quantitative estimate of drug-likeness (QED) is 0.325. The van der Waals surface area contributed by atoms with Crippen molar-refractivity contribution in [3.63, 3.8) is 0 Å². The number of halogens is 1. The molecular formula is C18H26FO6P. The molecular weight excluding hydrogens is 362 g/mol. The lowest BCUT2D eigenvalue weighted by molar-refractivity contribution is -0.160. The van der Waals surface area contributed by atoms with Crippen molar-refractivity contribution in [3.05, 3.63) is 35.9 Å². The van der Waals surface area contributed by atoms with Gasteiger partial charge in [0.15, 0.2) is 5.78 Å². The summed E-state index contributed by atoms with van der Waals surface area (Å²) in [7, 11) is -4.35. The van der Waals surface area contributed by atoms with Gasteiger partial charge in [0.1, 0.15) is 5.41 Å². The van der Waals surface area contributed by atoms with E-state index in [-0.39, 0.29) is 26.2 Å². The van der Waals surface area contributed by atoms with Crippen molar-refractivity contribution in [1.29, 1.82) is 0 Å². The van der Waals surface area contributed by atoms with Gasteiger partial charge in [-0.3, -0.25) is 14.2 Å². The molecule has 2 unspecified atom stereocenters. The highest BCUT2D eigenvalue weighted by molar-refractivity contribution is 7.55. The van der Waals surface area contributed by atoms with Crippen LogP contribution in [0.15, 0.2) is 30.3 Å². The zero-order valence-corrected chi connectivity index (χ0v) is 16.5. The predicted octanol–water partition coefficient (Wildman–Crippen LogP) is 3.93. The highest BCUT2D eigenvalue weighted by Crippen LogP contribution is 2.55. The number of ketones is 1. The van der Waals surface area contributed by atoms with Crippen molar-refractivity contribution in [3.8, 4) is 0 Å². The number of benzene rings is 1. The van der Waals surface area contributed by atoms with Crippen molar-refractivity contribution >= 4 is 19.3 Å². The number of hydrogen-bond acceptors (Lipinski definition) is 6. The summed E-state index contributed by atoms with van der Waals surface area (Å²) in [6.45, 7) is 5.73. The van der Waals surface area contributed by atoms with Crippen molar-refractivity contribution in [2.45, 2.75) is 40.0 Å². The smallest absolute Gasteiger partial charge is 0.372 e. The van der Waals surface area contributed by atoms with E-state index in [2.05, 4.69) is 0 Å². The van der Waals surface area contributed by atoms with Gasteiger partial charge in [0, 0.05) is 0 Å². The van der Waals surface area contributed by atoms with Crippen LogP contribution in [0, 0.1) is 5.41 Å². The van der Waals surface area contributed by atoms with E-state index in [0.29, 0.717) is 5.56 Å². The van der Waals surface area contributed by atoms with E-state index in [4.69, 9.17) is 13.8 Å². The summed E-state index contributed by atoms with van der Waals surface area (Å²) in [6.07, 6.45) is -0.0931. The monoisotopic (exact) mass is 388 g/mol. The second-order valence-corrected chi connectivity index (χ2v) is 7.84. The molecule has 0 radical (unpaired) electrons. The van der Waals surface area contributed by atoms with Gasteiger partial charge in [0.05, 0.1) is 19.8 Å². The summed E-state index contributed by atoms with van der Waals surface area (Å²) in [5.41, 5.74) is -1.22. The molecule has 0 aliphatic carbocycles. The van der Waals surface area contributed by atoms with E-state index in [1.165, 1.54) is 20.8 Å². The molecule has 8 heteroatoms. The summed E-state index contributed by atoms with van der Waals surface area (Å²) in [5.74, 6) is -4.64. The number of rotatable bonds is 11. The third-order valence-electron chi connectivity index (χ3n) is 3.78. The second kappa shape index (κ2) is 9.95. The highest BCUT2D eigenvalue weighted by atomic mass is 31.2. The van der Waals surface area contributed by atoms with E-state index >= 15 is 0 Å². The van der Waals surface area contributed by atoms with Gasteiger partial charge in [-0.25, -0.2) is 4.39 Å². The van der Waals surface area contributed by atoms with Crippen LogP contribution in [0.3, 0.4) is 0 Å². The molecule has 0 fully saturated rings. The predicted molar refractivity (Wildman–Crippen MR) is 95.6 cm³/mol. The Kier molecular flexibility index (Phi) is 8.60. The first kappa shape index (κ1) is 22.5. The molecule has 0 aromatic heterocycles. The average molecular weight is 388 g/mol. The van der Waals surface area contributed by atoms with Crippen LogP contribution in [0.2, 0.25) is 0 Å². The molecule has 6 nitrogen and oxygen atoms in total. The fourth-order valence-electron chi connectivity index (χ4n) is 2.49. The normalized spacial score (nSPS) is 15.1. The maximum atomic E-state index is 14.9. The highest BCUT2D eigenvalue weighted by Gasteiger charge is 2.53. The fraction of sp³-hybridized carbons (Fsp3) is 0.556. The largest absolute Gasteiger partial charge is 0.465 e. The topological polar surface area (TPSA) is 78.9 Å². The molecule has 146 valence electrons. The summed E-state index contributed by atoms with van der Waals surface area (Å²) >= 11 is 0. The van der Waals surface area contributed by atoms with E-state index < -0.39 is 30.7 Å². The number of hydrogen-bond donors (Lipinski definition) is 0. The Hall–Kier alpha value is -1.56. The summed E-state index contributed by atoms with van der Waals surface area (Å²) in [5, 5.41) is 0. The lowest BCUT2D eigenvalue weighted by Gasteiger charge is -2.29. The molecule has 1 aromatic carbocycles. The number of carbonyl (C=O) groups excluding carboxylic acids is 2. The van der Waals surface area contributed by atoms with Gasteiger partial charge in [-0.2, -0.15) is 0 Å². The molecule has 0 saturated carbocycles. The van der Waals surface area contributed by atoms with Gasteiger partial charge in [0.2, 0.25) is 0 Å². The van der Waals surface area contributed by atoms with E-state index in [1.807, 2.05) is 0 Å². The first-order valence-electron chi connectivity index (χ1n) is 8.53. The second-order valence-electron chi connectivity index (χ2n) is 5.79. The Morgan fingerprint density at radius 1 is 1.08 bits per heavy atom. The number of Topliss-reactive ketones (excluding diaryl/α,β-unsaturated/α-hetero) is 1. The first-order chi connectivity index (χ1) is 12.2. The fourth-order valence-corrected chi connectivity index (χ4v) is 4.12. The lowest BCUT2D eigenvalue weighted by atomic mass is 9.80. The van der Waals surface area contributed by atoms with Crippen LogP contribution >= 0.6 is 7.60 Å². The number of ether oxygens (including phenoxy) is 1. The zero-order valence-electron chi connectivity index (χ0n) is 15.6. The van der Waals surface area contributed by atoms with Crippen molar-refractivity contribution < 1.29 is 32.3 Å². The van der Waals surface area contributed by atoms with E-state index in [9.17, 15) is 18.5 Å². The van der Waals surface area contributed by atoms with Crippen LogP contribution in [-0.2, 0) is 34.4 Å². The molecule has 0 N–H and O–H groups in total. The molecule has 0 saturated heterocycles. The summed E-state index contributed by atoms with van der Waals surface area (Å²) in [6, 6.07) is 8.68. The lowest BCUT2D eigenvalue weighted by Crippen LogP contribution is -2.44. The molecule has 1 aromatic rings. The van der Waals surface area contributed by atoms with E-state index in [1.54, 1.807) is 37.3 Å². The molecule has 0 bridgehead atoms. The third kappa shape index (κ3) is 5.22. The minimum absolute atomic E-state index is 0.0298. The first-order valence-corrected chi connectivity index (χ1v) is 10.1. The van der Waals surface area contributed by atoms with Crippen LogP contribution in [0.4, 0.5) is 4.39 Å². The number of carbonyl (C=O) groups is 2. The van der Waals surface area contributed by atoms with Gasteiger partial charge < -0.3 is 13.8 Å². The number of alkyl halides is 1. The molecule has 0 amide bonds. The van der Waals surface area contributed by atoms with Crippen LogP contribution in [-0.4, -0.2) is 37.5 Å². The third-order valence-corrected chi connectivity index (χ3v) is 5.81. The maximum Gasteiger partial charge on any atom is 0.372 e. The Morgan fingerprint density at radius 2 is 1.62 bits per heavy atom. The Bertz CT molecular complexity index is 640. The Morgan fingerprint density at radius 3 is 2.08 bits per heavy atom. The van der Waals surface area contributed by atoms with E-state index in [0.717, 1.165) is 0 Å². The minimum atomic E-state index is -4.35.